The van der Waals surface area contributed by atoms with Crippen molar-refractivity contribution in [1.29, 1.82) is 0 Å². The van der Waals surface area contributed by atoms with Crippen LogP contribution >= 0.6 is 0 Å². The summed E-state index contributed by atoms with van der Waals surface area (Å²) in [6.07, 6.45) is 1.47. The molecule has 3 heteroatoms. The van der Waals surface area contributed by atoms with Crippen LogP contribution in [0.15, 0.2) is 54.6 Å². The molecule has 110 valence electrons. The maximum atomic E-state index is 11.0. The first-order chi connectivity index (χ1) is 10.2. The number of likely N-dealkylation sites (tertiary alicyclic amines) is 1. The van der Waals surface area contributed by atoms with Crippen LogP contribution in [0.4, 0.5) is 0 Å². The molecule has 1 fully saturated rings. The smallest absolute Gasteiger partial charge is 0.133 e. The summed E-state index contributed by atoms with van der Waals surface area (Å²) < 4.78 is 5.98. The van der Waals surface area contributed by atoms with Gasteiger partial charge in [-0.3, -0.25) is 0 Å². The number of hydrogen-bond acceptors (Lipinski definition) is 3. The summed E-state index contributed by atoms with van der Waals surface area (Å²) in [7, 11) is 2.09. The zero-order chi connectivity index (χ0) is 14.7. The maximum Gasteiger partial charge on any atom is 0.133 e. The molecule has 0 aromatic heterocycles. The second kappa shape index (κ2) is 5.88. The molecule has 0 bridgehead atoms. The van der Waals surface area contributed by atoms with Gasteiger partial charge in [-0.2, -0.15) is 0 Å². The molecule has 0 atom stereocenters. The summed E-state index contributed by atoms with van der Waals surface area (Å²) in [5.74, 6) is 1.54. The standard InChI is InChI=1S/C18H21NO2/c1-19-13-11-18(20,12-14-19)16-9-5-6-10-17(16)21-15-7-3-2-4-8-15/h2-10,20H,11-14H2,1H3. The van der Waals surface area contributed by atoms with Gasteiger partial charge < -0.3 is 14.7 Å². The van der Waals surface area contributed by atoms with Crippen LogP contribution in [0.5, 0.6) is 11.5 Å². The monoisotopic (exact) mass is 283 g/mol. The van der Waals surface area contributed by atoms with E-state index < -0.39 is 5.60 Å². The van der Waals surface area contributed by atoms with Gasteiger partial charge in [0.1, 0.15) is 11.5 Å². The Morgan fingerprint density at radius 3 is 2.29 bits per heavy atom. The minimum atomic E-state index is -0.794. The minimum absolute atomic E-state index is 0.735. The fourth-order valence-electron chi connectivity index (χ4n) is 2.81. The van der Waals surface area contributed by atoms with Crippen molar-refractivity contribution in [2.24, 2.45) is 0 Å². The Morgan fingerprint density at radius 1 is 0.952 bits per heavy atom. The van der Waals surface area contributed by atoms with Crippen LogP contribution in [0.2, 0.25) is 0 Å². The molecule has 1 aliphatic rings. The van der Waals surface area contributed by atoms with Crippen LogP contribution < -0.4 is 4.74 Å². The minimum Gasteiger partial charge on any atom is -0.457 e. The molecule has 1 heterocycles. The molecule has 0 amide bonds. The molecule has 2 aromatic rings. The lowest BCUT2D eigenvalue weighted by Gasteiger charge is -2.37. The highest BCUT2D eigenvalue weighted by atomic mass is 16.5. The lowest BCUT2D eigenvalue weighted by Crippen LogP contribution is -2.40. The highest BCUT2D eigenvalue weighted by Crippen LogP contribution is 2.39. The average molecular weight is 283 g/mol. The first-order valence-corrected chi connectivity index (χ1v) is 7.41. The topological polar surface area (TPSA) is 32.7 Å². The molecule has 2 aromatic carbocycles. The molecule has 0 spiro atoms. The van der Waals surface area contributed by atoms with Gasteiger partial charge in [0.25, 0.3) is 0 Å². The predicted octanol–water partition coefficient (Wildman–Crippen LogP) is 3.39. The van der Waals surface area contributed by atoms with E-state index in [1.807, 2.05) is 54.6 Å². The van der Waals surface area contributed by atoms with Crippen molar-refractivity contribution in [1.82, 2.24) is 4.90 Å². The molecular formula is C18H21NO2. The number of aliphatic hydroxyl groups is 1. The highest BCUT2D eigenvalue weighted by molar-refractivity contribution is 5.41. The summed E-state index contributed by atoms with van der Waals surface area (Å²) in [4.78, 5) is 2.25. The number of rotatable bonds is 3. The molecule has 0 radical (unpaired) electrons. The second-order valence-electron chi connectivity index (χ2n) is 5.75. The van der Waals surface area contributed by atoms with Crippen LogP contribution in [-0.4, -0.2) is 30.1 Å². The van der Waals surface area contributed by atoms with Crippen molar-refractivity contribution in [2.45, 2.75) is 18.4 Å². The largest absolute Gasteiger partial charge is 0.457 e. The molecule has 0 saturated carbocycles. The van der Waals surface area contributed by atoms with Crippen molar-refractivity contribution in [2.75, 3.05) is 20.1 Å². The Morgan fingerprint density at radius 2 is 1.57 bits per heavy atom. The fourth-order valence-corrected chi connectivity index (χ4v) is 2.81. The van der Waals surface area contributed by atoms with E-state index in [-0.39, 0.29) is 0 Å². The van der Waals surface area contributed by atoms with E-state index in [1.54, 1.807) is 0 Å². The number of nitrogens with zero attached hydrogens (tertiary/aromatic N) is 1. The van der Waals surface area contributed by atoms with Gasteiger partial charge >= 0.3 is 0 Å². The Kier molecular flexibility index (Phi) is 3.95. The van der Waals surface area contributed by atoms with Gasteiger partial charge in [-0.25, -0.2) is 0 Å². The highest BCUT2D eigenvalue weighted by Gasteiger charge is 2.35. The first kappa shape index (κ1) is 14.1. The predicted molar refractivity (Wildman–Crippen MR) is 83.6 cm³/mol. The average Bonchev–Trinajstić information content (AvgIpc) is 2.52. The van der Waals surface area contributed by atoms with Gasteiger partial charge in [0, 0.05) is 18.7 Å². The summed E-state index contributed by atoms with van der Waals surface area (Å²) >= 11 is 0. The first-order valence-electron chi connectivity index (χ1n) is 7.41. The van der Waals surface area contributed by atoms with Crippen molar-refractivity contribution in [3.63, 3.8) is 0 Å². The summed E-state index contributed by atoms with van der Waals surface area (Å²) in [6, 6.07) is 17.5. The molecule has 0 aliphatic carbocycles. The summed E-state index contributed by atoms with van der Waals surface area (Å²) in [5.41, 5.74) is 0.0969. The van der Waals surface area contributed by atoms with E-state index in [1.165, 1.54) is 0 Å². The van der Waals surface area contributed by atoms with Gasteiger partial charge in [-0.15, -0.1) is 0 Å². The molecule has 1 aliphatic heterocycles. The SMILES string of the molecule is CN1CCC(O)(c2ccccc2Oc2ccccc2)CC1. The molecule has 1 N–H and O–H groups in total. The van der Waals surface area contributed by atoms with E-state index in [0.29, 0.717) is 0 Å². The van der Waals surface area contributed by atoms with Crippen molar-refractivity contribution in [3.8, 4) is 11.5 Å². The third-order valence-electron chi connectivity index (χ3n) is 4.17. The summed E-state index contributed by atoms with van der Waals surface area (Å²) in [5, 5.41) is 11.0. The van der Waals surface area contributed by atoms with Gasteiger partial charge in [0.05, 0.1) is 5.60 Å². The van der Waals surface area contributed by atoms with Crippen molar-refractivity contribution < 1.29 is 9.84 Å². The Labute approximate surface area is 125 Å². The fraction of sp³-hybridized carbons (Fsp3) is 0.333. The Balaban J connectivity index is 1.89. The zero-order valence-electron chi connectivity index (χ0n) is 12.3. The van der Waals surface area contributed by atoms with Crippen LogP contribution in [0.3, 0.4) is 0 Å². The molecule has 1 saturated heterocycles. The quantitative estimate of drug-likeness (QED) is 0.937. The lowest BCUT2D eigenvalue weighted by molar-refractivity contribution is -0.0216. The third kappa shape index (κ3) is 3.09. The third-order valence-corrected chi connectivity index (χ3v) is 4.17. The van der Waals surface area contributed by atoms with Gasteiger partial charge in [-0.1, -0.05) is 36.4 Å². The number of benzene rings is 2. The van der Waals surface area contributed by atoms with E-state index >= 15 is 0 Å². The van der Waals surface area contributed by atoms with Crippen molar-refractivity contribution in [3.05, 3.63) is 60.2 Å². The number of piperidine rings is 1. The van der Waals surface area contributed by atoms with Gasteiger partial charge in [0.2, 0.25) is 0 Å². The van der Waals surface area contributed by atoms with Crippen LogP contribution in [0.1, 0.15) is 18.4 Å². The van der Waals surface area contributed by atoms with Crippen LogP contribution in [0, 0.1) is 0 Å². The maximum absolute atomic E-state index is 11.0. The number of para-hydroxylation sites is 2. The number of hydrogen-bond donors (Lipinski definition) is 1. The molecule has 3 rings (SSSR count). The molecule has 21 heavy (non-hydrogen) atoms. The van der Waals surface area contributed by atoms with E-state index in [2.05, 4.69) is 11.9 Å². The molecular weight excluding hydrogens is 262 g/mol. The Hall–Kier alpha value is -1.84. The lowest BCUT2D eigenvalue weighted by atomic mass is 9.84. The van der Waals surface area contributed by atoms with E-state index in [0.717, 1.165) is 43.0 Å². The summed E-state index contributed by atoms with van der Waals surface area (Å²) in [6.45, 7) is 1.80. The van der Waals surface area contributed by atoms with Gasteiger partial charge in [-0.05, 0) is 38.1 Å². The number of ether oxygens (including phenoxy) is 1. The molecule has 0 unspecified atom stereocenters. The van der Waals surface area contributed by atoms with Gasteiger partial charge in [0.15, 0.2) is 0 Å². The molecule has 3 nitrogen and oxygen atoms in total. The van der Waals surface area contributed by atoms with E-state index in [9.17, 15) is 5.11 Å². The van der Waals surface area contributed by atoms with Crippen molar-refractivity contribution >= 4 is 0 Å². The normalized spacial score (nSPS) is 18.4. The van der Waals surface area contributed by atoms with E-state index in [4.69, 9.17) is 4.74 Å². The second-order valence-corrected chi connectivity index (χ2v) is 5.75. The van der Waals surface area contributed by atoms with Crippen LogP contribution in [0.25, 0.3) is 0 Å². The Bertz CT molecular complexity index is 589. The zero-order valence-corrected chi connectivity index (χ0v) is 12.3. The van der Waals surface area contributed by atoms with Crippen LogP contribution in [-0.2, 0) is 5.60 Å².